The lowest BCUT2D eigenvalue weighted by Crippen LogP contribution is -2.37. The molecule has 20 heavy (non-hydrogen) atoms. The number of H-pyrrole nitrogens is 1. The van der Waals surface area contributed by atoms with Gasteiger partial charge in [0.15, 0.2) is 11.6 Å². The Balaban J connectivity index is 2.19. The molecule has 1 atom stereocenters. The van der Waals surface area contributed by atoms with Crippen molar-refractivity contribution in [1.82, 2.24) is 9.88 Å². The Bertz CT molecular complexity index is 541. The Morgan fingerprint density at radius 1 is 1.35 bits per heavy atom. The topological polar surface area (TPSA) is 53.2 Å². The molecule has 0 amide bonds. The molecular weight excluding hydrogens is 252 g/mol. The molecule has 0 radical (unpaired) electrons. The van der Waals surface area contributed by atoms with Crippen molar-refractivity contribution < 1.29 is 9.59 Å². The van der Waals surface area contributed by atoms with Crippen molar-refractivity contribution in [3.05, 3.63) is 22.5 Å². The van der Waals surface area contributed by atoms with Gasteiger partial charge in [0.1, 0.15) is 0 Å². The Morgan fingerprint density at radius 3 is 2.40 bits per heavy atom. The third kappa shape index (κ3) is 2.85. The van der Waals surface area contributed by atoms with E-state index in [9.17, 15) is 9.59 Å². The SMILES string of the molecule is CC(=O)c1c(C)[nH]c(C(=O)C(C)N(C)CC2CC2)c1C. The molecule has 1 aromatic heterocycles. The number of nitrogens with zero attached hydrogens (tertiary/aromatic N) is 1. The molecular formula is C16H24N2O2. The fraction of sp³-hybridized carbons (Fsp3) is 0.625. The van der Waals surface area contributed by atoms with E-state index in [1.807, 2.05) is 27.8 Å². The number of aromatic nitrogens is 1. The van der Waals surface area contributed by atoms with Gasteiger partial charge in [-0.2, -0.15) is 0 Å². The zero-order valence-corrected chi connectivity index (χ0v) is 13.0. The van der Waals surface area contributed by atoms with Crippen LogP contribution in [0, 0.1) is 19.8 Å². The molecule has 1 aliphatic carbocycles. The Kier molecular flexibility index (Phi) is 4.14. The molecule has 0 aromatic carbocycles. The van der Waals surface area contributed by atoms with Gasteiger partial charge < -0.3 is 4.98 Å². The summed E-state index contributed by atoms with van der Waals surface area (Å²) in [6.07, 6.45) is 2.56. The lowest BCUT2D eigenvalue weighted by molar-refractivity contribution is 0.0859. The van der Waals surface area contributed by atoms with Gasteiger partial charge in [-0.25, -0.2) is 0 Å². The monoisotopic (exact) mass is 276 g/mol. The number of likely N-dealkylation sites (N-methyl/N-ethyl adjacent to an activating group) is 1. The van der Waals surface area contributed by atoms with Gasteiger partial charge in [0, 0.05) is 17.8 Å². The Hall–Kier alpha value is -1.42. The maximum atomic E-state index is 12.6. The van der Waals surface area contributed by atoms with E-state index in [2.05, 4.69) is 9.88 Å². The minimum atomic E-state index is -0.160. The van der Waals surface area contributed by atoms with Crippen molar-refractivity contribution in [1.29, 1.82) is 0 Å². The number of hydrogen-bond donors (Lipinski definition) is 1. The molecule has 0 saturated heterocycles. The van der Waals surface area contributed by atoms with Gasteiger partial charge in [0.05, 0.1) is 11.7 Å². The summed E-state index contributed by atoms with van der Waals surface area (Å²) in [5.41, 5.74) is 2.82. The molecule has 1 heterocycles. The van der Waals surface area contributed by atoms with Crippen molar-refractivity contribution in [2.24, 2.45) is 5.92 Å². The molecule has 4 heteroatoms. The van der Waals surface area contributed by atoms with E-state index in [0.717, 1.165) is 23.7 Å². The molecule has 0 bridgehead atoms. The predicted molar refractivity (Wildman–Crippen MR) is 79.4 cm³/mol. The second kappa shape index (κ2) is 5.52. The molecule has 1 N–H and O–H groups in total. The summed E-state index contributed by atoms with van der Waals surface area (Å²) in [5.74, 6) is 0.838. The Labute approximate surface area is 120 Å². The summed E-state index contributed by atoms with van der Waals surface area (Å²) in [6.45, 7) is 8.15. The summed E-state index contributed by atoms with van der Waals surface area (Å²) in [6, 6.07) is -0.160. The summed E-state index contributed by atoms with van der Waals surface area (Å²) in [4.78, 5) is 29.5. The van der Waals surface area contributed by atoms with Crippen LogP contribution in [0.5, 0.6) is 0 Å². The van der Waals surface area contributed by atoms with E-state index < -0.39 is 0 Å². The number of carbonyl (C=O) groups excluding carboxylic acids is 2. The van der Waals surface area contributed by atoms with E-state index in [0.29, 0.717) is 11.3 Å². The lowest BCUT2D eigenvalue weighted by Gasteiger charge is -2.23. The molecule has 110 valence electrons. The maximum Gasteiger partial charge on any atom is 0.196 e. The first-order valence-corrected chi connectivity index (χ1v) is 7.27. The second-order valence-corrected chi connectivity index (χ2v) is 6.10. The van der Waals surface area contributed by atoms with Gasteiger partial charge >= 0.3 is 0 Å². The van der Waals surface area contributed by atoms with Crippen molar-refractivity contribution in [2.45, 2.75) is 46.6 Å². The summed E-state index contributed by atoms with van der Waals surface area (Å²) in [5, 5.41) is 0. The van der Waals surface area contributed by atoms with Crippen LogP contribution in [0.25, 0.3) is 0 Å². The van der Waals surface area contributed by atoms with Crippen LogP contribution in [0.4, 0.5) is 0 Å². The van der Waals surface area contributed by atoms with E-state index in [1.54, 1.807) is 6.92 Å². The van der Waals surface area contributed by atoms with Crippen LogP contribution in [-0.2, 0) is 0 Å². The number of aromatic amines is 1. The van der Waals surface area contributed by atoms with Crippen LogP contribution >= 0.6 is 0 Å². The van der Waals surface area contributed by atoms with Crippen molar-refractivity contribution in [3.8, 4) is 0 Å². The standard InChI is InChI=1S/C16H24N2O2/c1-9-14(12(4)19)10(2)17-15(9)16(20)11(3)18(5)8-13-6-7-13/h11,13,17H,6-8H2,1-5H3. The normalized spacial score (nSPS) is 16.5. The lowest BCUT2D eigenvalue weighted by atomic mass is 10.0. The van der Waals surface area contributed by atoms with Crippen molar-refractivity contribution >= 4 is 11.6 Å². The predicted octanol–water partition coefficient (Wildman–Crippen LogP) is 2.75. The van der Waals surface area contributed by atoms with Gasteiger partial charge in [-0.05, 0) is 59.1 Å². The molecule has 1 aliphatic rings. The number of carbonyl (C=O) groups is 2. The molecule has 2 rings (SSSR count). The van der Waals surface area contributed by atoms with Gasteiger partial charge in [0.25, 0.3) is 0 Å². The van der Waals surface area contributed by atoms with E-state index >= 15 is 0 Å². The smallest absolute Gasteiger partial charge is 0.196 e. The number of ketones is 2. The maximum absolute atomic E-state index is 12.6. The summed E-state index contributed by atoms with van der Waals surface area (Å²) >= 11 is 0. The van der Waals surface area contributed by atoms with Gasteiger partial charge in [-0.15, -0.1) is 0 Å². The van der Waals surface area contributed by atoms with Crippen LogP contribution in [-0.4, -0.2) is 41.1 Å². The fourth-order valence-corrected chi connectivity index (χ4v) is 2.80. The largest absolute Gasteiger partial charge is 0.355 e. The van der Waals surface area contributed by atoms with Crippen LogP contribution in [0.1, 0.15) is 58.8 Å². The second-order valence-electron chi connectivity index (χ2n) is 6.10. The van der Waals surface area contributed by atoms with E-state index in [4.69, 9.17) is 0 Å². The Morgan fingerprint density at radius 2 is 1.95 bits per heavy atom. The van der Waals surface area contributed by atoms with Crippen molar-refractivity contribution in [2.75, 3.05) is 13.6 Å². The van der Waals surface area contributed by atoms with E-state index in [1.165, 1.54) is 12.8 Å². The summed E-state index contributed by atoms with van der Waals surface area (Å²) in [7, 11) is 2.00. The van der Waals surface area contributed by atoms with Crippen LogP contribution in [0.2, 0.25) is 0 Å². The van der Waals surface area contributed by atoms with E-state index in [-0.39, 0.29) is 17.6 Å². The summed E-state index contributed by atoms with van der Waals surface area (Å²) < 4.78 is 0. The molecule has 1 aromatic rings. The number of nitrogens with one attached hydrogen (secondary N) is 1. The van der Waals surface area contributed by atoms with Gasteiger partial charge in [0.2, 0.25) is 0 Å². The average Bonchev–Trinajstić information content (AvgIpc) is 3.12. The first-order valence-electron chi connectivity index (χ1n) is 7.27. The highest BCUT2D eigenvalue weighted by Gasteiger charge is 2.29. The number of rotatable bonds is 6. The molecule has 0 spiro atoms. The quantitative estimate of drug-likeness (QED) is 0.813. The third-order valence-corrected chi connectivity index (χ3v) is 4.32. The average molecular weight is 276 g/mol. The first-order chi connectivity index (χ1) is 9.32. The van der Waals surface area contributed by atoms with Crippen LogP contribution < -0.4 is 0 Å². The van der Waals surface area contributed by atoms with Gasteiger partial charge in [-0.3, -0.25) is 14.5 Å². The van der Waals surface area contributed by atoms with Crippen molar-refractivity contribution in [3.63, 3.8) is 0 Å². The molecule has 4 nitrogen and oxygen atoms in total. The first kappa shape index (κ1) is 15.0. The zero-order chi connectivity index (χ0) is 15.0. The molecule has 1 saturated carbocycles. The fourth-order valence-electron chi connectivity index (χ4n) is 2.80. The molecule has 1 unspecified atom stereocenters. The highest BCUT2D eigenvalue weighted by molar-refractivity contribution is 6.05. The minimum Gasteiger partial charge on any atom is -0.355 e. The third-order valence-electron chi connectivity index (χ3n) is 4.32. The highest BCUT2D eigenvalue weighted by atomic mass is 16.1. The molecule has 1 fully saturated rings. The number of Topliss-reactive ketones (excluding diaryl/α,β-unsaturated/α-hetero) is 2. The van der Waals surface area contributed by atoms with Crippen LogP contribution in [0.15, 0.2) is 0 Å². The minimum absolute atomic E-state index is 0.00860. The highest BCUT2D eigenvalue weighted by Crippen LogP contribution is 2.30. The number of aryl methyl sites for hydroxylation is 1. The number of hydrogen-bond acceptors (Lipinski definition) is 3. The zero-order valence-electron chi connectivity index (χ0n) is 13.0. The van der Waals surface area contributed by atoms with Gasteiger partial charge in [-0.1, -0.05) is 0 Å². The van der Waals surface area contributed by atoms with Crippen LogP contribution in [0.3, 0.4) is 0 Å². The molecule has 0 aliphatic heterocycles.